The first-order valence-electron chi connectivity index (χ1n) is 5.80. The normalized spacial score (nSPS) is 11.3. The molecule has 0 saturated carbocycles. The zero-order chi connectivity index (χ0) is 14.8. The van der Waals surface area contributed by atoms with Crippen molar-refractivity contribution in [2.24, 2.45) is 0 Å². The molecule has 0 bridgehead atoms. The molecule has 0 amide bonds. The Morgan fingerprint density at radius 1 is 1.30 bits per heavy atom. The summed E-state index contributed by atoms with van der Waals surface area (Å²) < 4.78 is 42.5. The monoisotopic (exact) mass is 313 g/mol. The number of hydrogen-bond acceptors (Lipinski definition) is 3. The average molecular weight is 314 g/mol. The number of benzene rings is 2. The smallest absolute Gasteiger partial charge is 0.178 e. The Kier molecular flexibility index (Phi) is 4.30. The van der Waals surface area contributed by atoms with Gasteiger partial charge in [-0.3, -0.25) is 0 Å². The zero-order valence-electron chi connectivity index (χ0n) is 10.6. The lowest BCUT2D eigenvalue weighted by Gasteiger charge is -2.09. The molecule has 0 aromatic heterocycles. The van der Waals surface area contributed by atoms with E-state index in [1.54, 1.807) is 12.1 Å². The van der Waals surface area contributed by atoms with E-state index in [1.807, 2.05) is 0 Å². The van der Waals surface area contributed by atoms with Gasteiger partial charge in [-0.25, -0.2) is 12.8 Å². The van der Waals surface area contributed by atoms with Gasteiger partial charge in [-0.1, -0.05) is 24.6 Å². The van der Waals surface area contributed by atoms with Crippen LogP contribution in [-0.2, 0) is 9.84 Å². The molecule has 0 aliphatic carbocycles. The molecule has 3 nitrogen and oxygen atoms in total. The summed E-state index contributed by atoms with van der Waals surface area (Å²) in [6.07, 6.45) is 0. The number of rotatable bonds is 4. The van der Waals surface area contributed by atoms with Crippen LogP contribution in [0.1, 0.15) is 6.92 Å². The standard InChI is InChI=1S/C14H11ClFO3S/c1-2-20(17,18)10-7-8-14(12(16)9-10)19-13-6-4-3-5-11(13)15/h3,5-9H,2H2,1H3. The van der Waals surface area contributed by atoms with E-state index in [0.29, 0.717) is 5.02 Å². The van der Waals surface area contributed by atoms with Crippen molar-refractivity contribution in [3.63, 3.8) is 0 Å². The first-order valence-corrected chi connectivity index (χ1v) is 7.83. The minimum atomic E-state index is -3.45. The Morgan fingerprint density at radius 2 is 2.05 bits per heavy atom. The summed E-state index contributed by atoms with van der Waals surface area (Å²) in [5.74, 6) is -0.702. The largest absolute Gasteiger partial charge is 0.453 e. The third kappa shape index (κ3) is 3.11. The van der Waals surface area contributed by atoms with Crippen LogP contribution in [-0.4, -0.2) is 14.2 Å². The summed E-state index contributed by atoms with van der Waals surface area (Å²) in [6, 6.07) is 10.9. The van der Waals surface area contributed by atoms with E-state index in [0.717, 1.165) is 6.07 Å². The van der Waals surface area contributed by atoms with Crippen molar-refractivity contribution in [3.05, 3.63) is 53.3 Å². The maximum Gasteiger partial charge on any atom is 0.178 e. The highest BCUT2D eigenvalue weighted by atomic mass is 35.5. The molecule has 20 heavy (non-hydrogen) atoms. The van der Waals surface area contributed by atoms with Crippen LogP contribution < -0.4 is 4.74 Å². The Hall–Kier alpha value is -1.59. The van der Waals surface area contributed by atoms with E-state index >= 15 is 0 Å². The molecule has 1 radical (unpaired) electrons. The number of ether oxygens (including phenoxy) is 1. The molecule has 6 heteroatoms. The quantitative estimate of drug-likeness (QED) is 0.860. The second kappa shape index (κ2) is 5.81. The summed E-state index contributed by atoms with van der Waals surface area (Å²) in [6.45, 7) is 1.50. The summed E-state index contributed by atoms with van der Waals surface area (Å²) in [4.78, 5) is -0.0735. The summed E-state index contributed by atoms with van der Waals surface area (Å²) >= 11 is 5.89. The Bertz CT molecular complexity index is 729. The highest BCUT2D eigenvalue weighted by Gasteiger charge is 2.15. The second-order valence-corrected chi connectivity index (χ2v) is 6.64. The topological polar surface area (TPSA) is 43.4 Å². The third-order valence-electron chi connectivity index (χ3n) is 2.64. The summed E-state index contributed by atoms with van der Waals surface area (Å²) in [5.41, 5.74) is 0. The molecular formula is C14H11ClFO3S. The molecule has 0 aliphatic rings. The second-order valence-electron chi connectivity index (χ2n) is 3.95. The van der Waals surface area contributed by atoms with Crippen LogP contribution in [0, 0.1) is 11.9 Å². The van der Waals surface area contributed by atoms with Gasteiger partial charge in [0.25, 0.3) is 0 Å². The van der Waals surface area contributed by atoms with Gasteiger partial charge in [0.05, 0.1) is 15.7 Å². The average Bonchev–Trinajstić information content (AvgIpc) is 2.43. The van der Waals surface area contributed by atoms with E-state index in [-0.39, 0.29) is 22.1 Å². The molecule has 105 valence electrons. The van der Waals surface area contributed by atoms with Crippen LogP contribution in [0.25, 0.3) is 0 Å². The molecule has 0 unspecified atom stereocenters. The number of hydrogen-bond donors (Lipinski definition) is 0. The van der Waals surface area contributed by atoms with Crippen LogP contribution in [0.2, 0.25) is 5.02 Å². The lowest BCUT2D eigenvalue weighted by Crippen LogP contribution is -2.04. The van der Waals surface area contributed by atoms with Gasteiger partial charge in [0.2, 0.25) is 0 Å². The highest BCUT2D eigenvalue weighted by Crippen LogP contribution is 2.31. The van der Waals surface area contributed by atoms with Crippen molar-refractivity contribution in [2.75, 3.05) is 5.75 Å². The lowest BCUT2D eigenvalue weighted by atomic mass is 10.3. The molecule has 2 aromatic rings. The van der Waals surface area contributed by atoms with Crippen molar-refractivity contribution in [1.29, 1.82) is 0 Å². The molecule has 0 aliphatic heterocycles. The van der Waals surface area contributed by atoms with Crippen molar-refractivity contribution in [1.82, 2.24) is 0 Å². The molecule has 0 fully saturated rings. The van der Waals surface area contributed by atoms with Crippen LogP contribution >= 0.6 is 11.6 Å². The predicted octanol–water partition coefficient (Wildman–Crippen LogP) is 3.87. The fraction of sp³-hybridized carbons (Fsp3) is 0.143. The lowest BCUT2D eigenvalue weighted by molar-refractivity contribution is 0.441. The van der Waals surface area contributed by atoms with E-state index in [1.165, 1.54) is 25.1 Å². The molecule has 0 atom stereocenters. The van der Waals surface area contributed by atoms with Gasteiger partial charge in [0.15, 0.2) is 21.4 Å². The SMILES string of the molecule is CCS(=O)(=O)c1ccc(Oc2c[c]ccc2Cl)c(F)c1. The summed E-state index contributed by atoms with van der Waals surface area (Å²) in [5, 5.41) is 0.313. The van der Waals surface area contributed by atoms with Gasteiger partial charge in [-0.05, 0) is 36.4 Å². The fourth-order valence-corrected chi connectivity index (χ4v) is 2.57. The maximum atomic E-state index is 13.9. The maximum absolute atomic E-state index is 13.9. The minimum Gasteiger partial charge on any atom is -0.453 e. The van der Waals surface area contributed by atoms with Crippen LogP contribution in [0.15, 0.2) is 41.3 Å². The van der Waals surface area contributed by atoms with E-state index in [4.69, 9.17) is 16.3 Å². The van der Waals surface area contributed by atoms with Crippen LogP contribution in [0.4, 0.5) is 4.39 Å². The minimum absolute atomic E-state index is 0.0735. The van der Waals surface area contributed by atoms with E-state index < -0.39 is 15.7 Å². The third-order valence-corrected chi connectivity index (χ3v) is 4.68. The molecule has 2 aromatic carbocycles. The van der Waals surface area contributed by atoms with Gasteiger partial charge in [0.1, 0.15) is 5.75 Å². The van der Waals surface area contributed by atoms with Gasteiger partial charge >= 0.3 is 0 Å². The van der Waals surface area contributed by atoms with Gasteiger partial charge < -0.3 is 4.74 Å². The van der Waals surface area contributed by atoms with Gasteiger partial charge in [-0.15, -0.1) is 0 Å². The van der Waals surface area contributed by atoms with E-state index in [9.17, 15) is 12.8 Å². The van der Waals surface area contributed by atoms with Crippen molar-refractivity contribution >= 4 is 21.4 Å². The fourth-order valence-electron chi connectivity index (χ4n) is 1.52. The molecule has 0 spiro atoms. The van der Waals surface area contributed by atoms with Gasteiger partial charge in [0, 0.05) is 0 Å². The molecular weight excluding hydrogens is 303 g/mol. The van der Waals surface area contributed by atoms with Crippen molar-refractivity contribution < 1.29 is 17.5 Å². The molecule has 0 saturated heterocycles. The first-order chi connectivity index (χ1) is 9.44. The summed E-state index contributed by atoms with van der Waals surface area (Å²) in [7, 11) is -3.45. The Labute approximate surface area is 121 Å². The van der Waals surface area contributed by atoms with Gasteiger partial charge in [-0.2, -0.15) is 0 Å². The zero-order valence-corrected chi connectivity index (χ0v) is 12.1. The molecule has 2 rings (SSSR count). The Balaban J connectivity index is 2.34. The Morgan fingerprint density at radius 3 is 2.65 bits per heavy atom. The molecule has 0 N–H and O–H groups in total. The van der Waals surface area contributed by atoms with Crippen molar-refractivity contribution in [3.8, 4) is 11.5 Å². The molecule has 0 heterocycles. The van der Waals surface area contributed by atoms with Crippen LogP contribution in [0.3, 0.4) is 0 Å². The first kappa shape index (κ1) is 14.8. The van der Waals surface area contributed by atoms with Crippen molar-refractivity contribution in [2.45, 2.75) is 11.8 Å². The number of halogens is 2. The van der Waals surface area contributed by atoms with Crippen LogP contribution in [0.5, 0.6) is 11.5 Å². The van der Waals surface area contributed by atoms with E-state index in [2.05, 4.69) is 6.07 Å². The highest BCUT2D eigenvalue weighted by molar-refractivity contribution is 7.91. The number of sulfone groups is 1. The predicted molar refractivity (Wildman–Crippen MR) is 74.5 cm³/mol.